The molecule has 5 nitrogen and oxygen atoms in total. The summed E-state index contributed by atoms with van der Waals surface area (Å²) in [5, 5.41) is 14.1. The Morgan fingerprint density at radius 2 is 1.84 bits per heavy atom. The quantitative estimate of drug-likeness (QED) is 0.406. The van der Waals surface area contributed by atoms with Crippen molar-refractivity contribution in [3.63, 3.8) is 0 Å². The largest absolute Gasteiger partial charge is 0.390 e. The van der Waals surface area contributed by atoms with Gasteiger partial charge < -0.3 is 10.4 Å². The van der Waals surface area contributed by atoms with Crippen LogP contribution in [-0.2, 0) is 16.4 Å². The molecule has 172 valence electrons. The average Bonchev–Trinajstić information content (AvgIpc) is 2.66. The van der Waals surface area contributed by atoms with E-state index in [1.165, 1.54) is 24.7 Å². The molecule has 0 aliphatic carbocycles. The van der Waals surface area contributed by atoms with E-state index in [-0.39, 0.29) is 33.0 Å². The first-order valence-corrected chi connectivity index (χ1v) is 13.0. The Morgan fingerprint density at radius 3 is 2.45 bits per heavy atom. The van der Waals surface area contributed by atoms with E-state index in [2.05, 4.69) is 47.2 Å². The number of hydrogen-bond donors (Lipinski definition) is 2. The molecular weight excluding hydrogens is 523 g/mol. The zero-order chi connectivity index (χ0) is 23.2. The molecule has 0 spiro atoms. The van der Waals surface area contributed by atoms with Crippen molar-refractivity contribution in [1.82, 2.24) is 9.62 Å². The number of β-amino-alcohol motifs (C(OH)–C–C–N with tert-alkyl or cyclic N) is 1. The normalized spacial score (nSPS) is 13.5. The van der Waals surface area contributed by atoms with Crippen molar-refractivity contribution >= 4 is 49.2 Å². The van der Waals surface area contributed by atoms with Gasteiger partial charge in [0.1, 0.15) is 4.90 Å². The van der Waals surface area contributed by atoms with Gasteiger partial charge in [0.05, 0.1) is 11.1 Å². The van der Waals surface area contributed by atoms with Crippen molar-refractivity contribution in [3.8, 4) is 0 Å². The summed E-state index contributed by atoms with van der Waals surface area (Å²) in [4.78, 5) is -0.0672. The Labute approximate surface area is 203 Å². The van der Waals surface area contributed by atoms with Crippen LogP contribution in [0, 0.1) is 0 Å². The van der Waals surface area contributed by atoms with Crippen molar-refractivity contribution in [1.29, 1.82) is 0 Å². The number of aliphatic hydroxyl groups excluding tert-OH is 1. The van der Waals surface area contributed by atoms with Crippen LogP contribution in [0.15, 0.2) is 51.8 Å². The molecule has 31 heavy (non-hydrogen) atoms. The molecule has 1 atom stereocenters. The third-order valence-corrected chi connectivity index (χ3v) is 8.47. The number of aryl methyl sites for hydroxylation is 1. The average molecular weight is 552 g/mol. The summed E-state index contributed by atoms with van der Waals surface area (Å²) in [5.74, 6) is 0. The Balaban J connectivity index is 1.89. The van der Waals surface area contributed by atoms with Gasteiger partial charge in [0, 0.05) is 35.2 Å². The van der Waals surface area contributed by atoms with E-state index >= 15 is 0 Å². The molecule has 0 saturated carbocycles. The molecule has 2 rings (SSSR count). The molecule has 2 aromatic carbocycles. The van der Waals surface area contributed by atoms with E-state index in [9.17, 15) is 13.5 Å². The fourth-order valence-electron chi connectivity index (χ4n) is 3.25. The molecule has 0 unspecified atom stereocenters. The summed E-state index contributed by atoms with van der Waals surface area (Å²) in [7, 11) is -2.49. The molecule has 2 N–H and O–H groups in total. The second-order valence-corrected chi connectivity index (χ2v) is 11.9. The van der Waals surface area contributed by atoms with Crippen LogP contribution in [0.4, 0.5) is 0 Å². The molecule has 0 fully saturated rings. The number of nitrogens with zero attached hydrogens (tertiary/aromatic N) is 1. The molecule has 2 aromatic rings. The fraction of sp³-hybridized carbons (Fsp3) is 0.455. The van der Waals surface area contributed by atoms with Crippen LogP contribution in [-0.4, -0.2) is 49.6 Å². The zero-order valence-electron chi connectivity index (χ0n) is 17.9. The van der Waals surface area contributed by atoms with Crippen LogP contribution in [0.5, 0.6) is 0 Å². The van der Waals surface area contributed by atoms with Crippen LogP contribution >= 0.6 is 39.1 Å². The lowest BCUT2D eigenvalue weighted by atomic mass is 9.95. The summed E-state index contributed by atoms with van der Waals surface area (Å²) in [6.07, 6.45) is 2.05. The van der Waals surface area contributed by atoms with E-state index in [0.29, 0.717) is 5.02 Å². The highest BCUT2D eigenvalue weighted by atomic mass is 79.9. The highest BCUT2D eigenvalue weighted by Crippen LogP contribution is 2.34. The Morgan fingerprint density at radius 1 is 1.19 bits per heavy atom. The monoisotopic (exact) mass is 550 g/mol. The van der Waals surface area contributed by atoms with Gasteiger partial charge in [-0.2, -0.15) is 4.31 Å². The Hall–Kier alpha value is -0.670. The van der Waals surface area contributed by atoms with E-state index in [4.69, 9.17) is 23.2 Å². The number of benzene rings is 2. The topological polar surface area (TPSA) is 69.6 Å². The van der Waals surface area contributed by atoms with E-state index in [1.54, 1.807) is 0 Å². The SMILES string of the molecule is CN(C[C@@H](O)CNC(C)(C)CCCc1ccccc1)S(=O)(=O)c1c(Cl)cc(Cl)cc1Br. The molecule has 9 heteroatoms. The molecular formula is C22H29BrCl2N2O3S. The molecule has 0 aliphatic heterocycles. The second kappa shape index (κ2) is 11.5. The lowest BCUT2D eigenvalue weighted by Crippen LogP contribution is -2.46. The summed E-state index contributed by atoms with van der Waals surface area (Å²) in [5.41, 5.74) is 1.12. The second-order valence-electron chi connectivity index (χ2n) is 8.24. The van der Waals surface area contributed by atoms with Crippen LogP contribution in [0.1, 0.15) is 32.3 Å². The minimum atomic E-state index is -3.90. The van der Waals surface area contributed by atoms with Gasteiger partial charge in [-0.3, -0.25) is 0 Å². The maximum Gasteiger partial charge on any atom is 0.245 e. The van der Waals surface area contributed by atoms with Gasteiger partial charge >= 0.3 is 0 Å². The maximum absolute atomic E-state index is 12.9. The lowest BCUT2D eigenvalue weighted by Gasteiger charge is -2.29. The summed E-state index contributed by atoms with van der Waals surface area (Å²) in [6.45, 7) is 4.36. The summed E-state index contributed by atoms with van der Waals surface area (Å²) >= 11 is 15.3. The van der Waals surface area contributed by atoms with Crippen LogP contribution < -0.4 is 5.32 Å². The summed E-state index contributed by atoms with van der Waals surface area (Å²) in [6, 6.07) is 13.2. The van der Waals surface area contributed by atoms with Crippen molar-refractivity contribution in [2.75, 3.05) is 20.1 Å². The van der Waals surface area contributed by atoms with Crippen molar-refractivity contribution in [3.05, 3.63) is 62.5 Å². The molecule has 0 aromatic heterocycles. The molecule has 0 bridgehead atoms. The summed E-state index contributed by atoms with van der Waals surface area (Å²) < 4.78 is 27.2. The molecule has 0 aliphatic rings. The van der Waals surface area contributed by atoms with Crippen LogP contribution in [0.25, 0.3) is 0 Å². The number of hydrogen-bond acceptors (Lipinski definition) is 4. The first-order chi connectivity index (χ1) is 14.4. The van der Waals surface area contributed by atoms with Gasteiger partial charge in [-0.15, -0.1) is 0 Å². The van der Waals surface area contributed by atoms with Crippen LogP contribution in [0.2, 0.25) is 10.0 Å². The van der Waals surface area contributed by atoms with Crippen molar-refractivity contribution < 1.29 is 13.5 Å². The van der Waals surface area contributed by atoms with Gasteiger partial charge in [0.15, 0.2) is 0 Å². The van der Waals surface area contributed by atoms with Gasteiger partial charge in [0.25, 0.3) is 0 Å². The number of sulfonamides is 1. The minimum absolute atomic E-state index is 0.0263. The van der Waals surface area contributed by atoms with Gasteiger partial charge in [0.2, 0.25) is 10.0 Å². The minimum Gasteiger partial charge on any atom is -0.390 e. The number of halogens is 3. The smallest absolute Gasteiger partial charge is 0.245 e. The van der Waals surface area contributed by atoms with E-state index in [1.807, 2.05) is 18.2 Å². The van der Waals surface area contributed by atoms with Crippen molar-refractivity contribution in [2.24, 2.45) is 0 Å². The van der Waals surface area contributed by atoms with Crippen LogP contribution in [0.3, 0.4) is 0 Å². The third kappa shape index (κ3) is 8.00. The molecule has 0 amide bonds. The Bertz CT molecular complexity index is 949. The molecule has 0 heterocycles. The number of likely N-dealkylation sites (N-methyl/N-ethyl adjacent to an activating group) is 1. The maximum atomic E-state index is 12.9. The highest BCUT2D eigenvalue weighted by Gasteiger charge is 2.29. The number of aliphatic hydroxyl groups is 1. The third-order valence-electron chi connectivity index (χ3n) is 5.03. The van der Waals surface area contributed by atoms with Crippen molar-refractivity contribution in [2.45, 2.75) is 49.6 Å². The highest BCUT2D eigenvalue weighted by molar-refractivity contribution is 9.10. The lowest BCUT2D eigenvalue weighted by molar-refractivity contribution is 0.138. The number of rotatable bonds is 11. The standard InChI is InChI=1S/C22H29BrCl2N2O3S/c1-22(2,11-7-10-16-8-5-4-6-9-16)26-14-18(28)15-27(3)31(29,30)21-19(23)12-17(24)13-20(21)25/h4-6,8-9,12-13,18,26,28H,7,10-11,14-15H2,1-3H3/t18-/m0/s1. The van der Waals surface area contributed by atoms with E-state index < -0.39 is 16.1 Å². The van der Waals surface area contributed by atoms with E-state index in [0.717, 1.165) is 23.6 Å². The number of nitrogens with one attached hydrogen (secondary N) is 1. The van der Waals surface area contributed by atoms with Gasteiger partial charge in [-0.1, -0.05) is 53.5 Å². The predicted molar refractivity (Wildman–Crippen MR) is 131 cm³/mol. The zero-order valence-corrected chi connectivity index (χ0v) is 21.8. The molecule has 0 radical (unpaired) electrons. The fourth-order valence-corrected chi connectivity index (χ4v) is 6.65. The molecule has 0 saturated heterocycles. The predicted octanol–water partition coefficient (Wildman–Crippen LogP) is 5.13. The van der Waals surface area contributed by atoms with Gasteiger partial charge in [-0.25, -0.2) is 8.42 Å². The first kappa shape index (κ1) is 26.6. The Kier molecular flexibility index (Phi) is 9.82. The first-order valence-electron chi connectivity index (χ1n) is 10.0. The van der Waals surface area contributed by atoms with Gasteiger partial charge in [-0.05, 0) is 66.7 Å².